The molecule has 4 atom stereocenters. The summed E-state index contributed by atoms with van der Waals surface area (Å²) in [5.74, 6) is 1.69. The SMILES string of the molecule is C[C@@H](NS(=O)(=O)c1ccc(NC(=O)COC2CCCC2)cc1)[C@H]1C[C@H]2CC[C@H]1C2. The van der Waals surface area contributed by atoms with Gasteiger partial charge in [0, 0.05) is 11.7 Å². The van der Waals surface area contributed by atoms with Gasteiger partial charge in [-0.2, -0.15) is 0 Å². The lowest BCUT2D eigenvalue weighted by Crippen LogP contribution is -2.40. The van der Waals surface area contributed by atoms with Crippen molar-refractivity contribution < 1.29 is 17.9 Å². The Balaban J connectivity index is 1.29. The van der Waals surface area contributed by atoms with E-state index in [1.165, 1.54) is 19.3 Å². The normalized spacial score (nSPS) is 28.0. The van der Waals surface area contributed by atoms with Gasteiger partial charge in [0.15, 0.2) is 0 Å². The van der Waals surface area contributed by atoms with Crippen molar-refractivity contribution in [3.05, 3.63) is 24.3 Å². The fourth-order valence-corrected chi connectivity index (χ4v) is 6.76. The Hall–Kier alpha value is -1.44. The number of benzene rings is 1. The third kappa shape index (κ3) is 5.01. The predicted octanol–water partition coefficient (Wildman–Crippen LogP) is 3.69. The third-order valence-electron chi connectivity index (χ3n) is 6.98. The smallest absolute Gasteiger partial charge is 0.250 e. The molecule has 1 amide bonds. The first-order valence-corrected chi connectivity index (χ1v) is 12.4. The molecule has 0 saturated heterocycles. The van der Waals surface area contributed by atoms with Crippen molar-refractivity contribution in [1.29, 1.82) is 0 Å². The molecule has 7 heteroatoms. The van der Waals surface area contributed by atoms with Crippen LogP contribution in [0.25, 0.3) is 0 Å². The van der Waals surface area contributed by atoms with E-state index in [0.717, 1.165) is 38.0 Å². The van der Waals surface area contributed by atoms with Gasteiger partial charge >= 0.3 is 0 Å². The maximum atomic E-state index is 12.8. The molecule has 3 fully saturated rings. The highest BCUT2D eigenvalue weighted by Crippen LogP contribution is 2.49. The van der Waals surface area contributed by atoms with Gasteiger partial charge in [0.2, 0.25) is 15.9 Å². The molecular formula is C22H32N2O4S. The number of sulfonamides is 1. The van der Waals surface area contributed by atoms with E-state index >= 15 is 0 Å². The van der Waals surface area contributed by atoms with Gasteiger partial charge in [0.05, 0.1) is 11.0 Å². The molecule has 0 aromatic heterocycles. The van der Waals surface area contributed by atoms with Crippen molar-refractivity contribution in [3.63, 3.8) is 0 Å². The molecule has 0 radical (unpaired) electrons. The van der Waals surface area contributed by atoms with Crippen molar-refractivity contribution in [1.82, 2.24) is 4.72 Å². The Morgan fingerprint density at radius 3 is 2.45 bits per heavy atom. The number of fused-ring (bicyclic) bond motifs is 2. The zero-order chi connectivity index (χ0) is 20.4. The molecule has 29 heavy (non-hydrogen) atoms. The number of carbonyl (C=O) groups is 1. The molecule has 2 bridgehead atoms. The lowest BCUT2D eigenvalue weighted by Gasteiger charge is -2.28. The first kappa shape index (κ1) is 20.8. The Bertz CT molecular complexity index is 818. The van der Waals surface area contributed by atoms with Crippen LogP contribution in [0, 0.1) is 17.8 Å². The zero-order valence-corrected chi connectivity index (χ0v) is 17.9. The minimum Gasteiger partial charge on any atom is -0.368 e. The van der Waals surface area contributed by atoms with E-state index in [-0.39, 0.29) is 29.6 Å². The van der Waals surface area contributed by atoms with E-state index in [0.29, 0.717) is 17.5 Å². The molecule has 0 spiro atoms. The average Bonchev–Trinajstić information content (AvgIpc) is 3.44. The molecular weight excluding hydrogens is 388 g/mol. The molecule has 0 heterocycles. The van der Waals surface area contributed by atoms with Crippen molar-refractivity contribution in [2.45, 2.75) is 75.3 Å². The van der Waals surface area contributed by atoms with Gasteiger partial charge in [-0.15, -0.1) is 0 Å². The van der Waals surface area contributed by atoms with Gasteiger partial charge in [0.25, 0.3) is 0 Å². The summed E-state index contributed by atoms with van der Waals surface area (Å²) in [7, 11) is -3.57. The minimum absolute atomic E-state index is 0.0351. The number of amides is 1. The first-order chi connectivity index (χ1) is 13.9. The number of rotatable bonds is 8. The third-order valence-corrected chi connectivity index (χ3v) is 8.55. The van der Waals surface area contributed by atoms with E-state index in [2.05, 4.69) is 10.0 Å². The van der Waals surface area contributed by atoms with Crippen LogP contribution >= 0.6 is 0 Å². The first-order valence-electron chi connectivity index (χ1n) is 10.9. The molecule has 0 aliphatic heterocycles. The van der Waals surface area contributed by atoms with E-state index in [1.54, 1.807) is 24.3 Å². The lowest BCUT2D eigenvalue weighted by molar-refractivity contribution is -0.122. The van der Waals surface area contributed by atoms with Crippen LogP contribution in [0.1, 0.15) is 58.3 Å². The molecule has 3 saturated carbocycles. The van der Waals surface area contributed by atoms with Crippen molar-refractivity contribution in [3.8, 4) is 0 Å². The van der Waals surface area contributed by atoms with E-state index in [4.69, 9.17) is 4.74 Å². The van der Waals surface area contributed by atoms with Gasteiger partial charge in [0.1, 0.15) is 6.61 Å². The molecule has 1 aromatic rings. The van der Waals surface area contributed by atoms with Gasteiger partial charge in [-0.1, -0.05) is 19.3 Å². The summed E-state index contributed by atoms with van der Waals surface area (Å²) in [6.45, 7) is 2.02. The Labute approximate surface area is 173 Å². The summed E-state index contributed by atoms with van der Waals surface area (Å²) >= 11 is 0. The number of carbonyl (C=O) groups excluding carboxylic acids is 1. The zero-order valence-electron chi connectivity index (χ0n) is 17.1. The van der Waals surface area contributed by atoms with Crippen molar-refractivity contribution in [2.75, 3.05) is 11.9 Å². The largest absolute Gasteiger partial charge is 0.368 e. The maximum absolute atomic E-state index is 12.8. The Kier molecular flexibility index (Phi) is 6.27. The number of nitrogens with one attached hydrogen (secondary N) is 2. The van der Waals surface area contributed by atoms with E-state index in [1.807, 2.05) is 6.92 Å². The monoisotopic (exact) mass is 420 g/mol. The highest BCUT2D eigenvalue weighted by Gasteiger charge is 2.42. The second kappa shape index (κ2) is 8.74. The van der Waals surface area contributed by atoms with Gasteiger partial charge in [-0.25, -0.2) is 13.1 Å². The maximum Gasteiger partial charge on any atom is 0.250 e. The second-order valence-corrected chi connectivity index (χ2v) is 10.8. The van der Waals surface area contributed by atoms with Crippen LogP contribution in [0.5, 0.6) is 0 Å². The summed E-state index contributed by atoms with van der Waals surface area (Å²) < 4.78 is 34.0. The van der Waals surface area contributed by atoms with Crippen LogP contribution in [0.2, 0.25) is 0 Å². The van der Waals surface area contributed by atoms with Gasteiger partial charge in [-0.05, 0) is 81.0 Å². The van der Waals surface area contributed by atoms with Crippen LogP contribution in [0.4, 0.5) is 5.69 Å². The standard InChI is InChI=1S/C22H32N2O4S/c1-15(21-13-16-6-7-17(21)12-16)24-29(26,27)20-10-8-18(9-11-20)23-22(25)14-28-19-4-2-3-5-19/h8-11,15-17,19,21,24H,2-7,12-14H2,1H3,(H,23,25)/t15-,16+,17+,21-/m1/s1. The van der Waals surface area contributed by atoms with Crippen LogP contribution in [0.15, 0.2) is 29.2 Å². The Morgan fingerprint density at radius 2 is 1.83 bits per heavy atom. The molecule has 3 aliphatic carbocycles. The van der Waals surface area contributed by atoms with Crippen molar-refractivity contribution in [2.24, 2.45) is 17.8 Å². The summed E-state index contributed by atoms with van der Waals surface area (Å²) in [5.41, 5.74) is 0.574. The number of hydrogen-bond acceptors (Lipinski definition) is 4. The topological polar surface area (TPSA) is 84.5 Å². The van der Waals surface area contributed by atoms with Gasteiger partial charge < -0.3 is 10.1 Å². The molecule has 0 unspecified atom stereocenters. The summed E-state index contributed by atoms with van der Waals surface area (Å²) in [6.07, 6.45) is 9.50. The number of hydrogen-bond donors (Lipinski definition) is 2. The average molecular weight is 421 g/mol. The molecule has 6 nitrogen and oxygen atoms in total. The highest BCUT2D eigenvalue weighted by atomic mass is 32.2. The second-order valence-electron chi connectivity index (χ2n) is 9.04. The fraction of sp³-hybridized carbons (Fsp3) is 0.682. The molecule has 1 aromatic carbocycles. The van der Waals surface area contributed by atoms with E-state index < -0.39 is 10.0 Å². The Morgan fingerprint density at radius 1 is 1.10 bits per heavy atom. The van der Waals surface area contributed by atoms with Crippen LogP contribution in [0.3, 0.4) is 0 Å². The van der Waals surface area contributed by atoms with Crippen molar-refractivity contribution >= 4 is 21.6 Å². The lowest BCUT2D eigenvalue weighted by atomic mass is 9.84. The highest BCUT2D eigenvalue weighted by molar-refractivity contribution is 7.89. The summed E-state index contributed by atoms with van der Waals surface area (Å²) in [5, 5.41) is 2.77. The summed E-state index contributed by atoms with van der Waals surface area (Å²) in [6, 6.07) is 6.29. The van der Waals surface area contributed by atoms with Crippen LogP contribution in [-0.2, 0) is 19.6 Å². The van der Waals surface area contributed by atoms with Gasteiger partial charge in [-0.3, -0.25) is 4.79 Å². The molecule has 2 N–H and O–H groups in total. The molecule has 3 aliphatic rings. The van der Waals surface area contributed by atoms with Crippen LogP contribution < -0.4 is 10.0 Å². The molecule has 160 valence electrons. The van der Waals surface area contributed by atoms with Crippen LogP contribution in [-0.4, -0.2) is 33.1 Å². The fourth-order valence-electron chi connectivity index (χ4n) is 5.47. The quantitative estimate of drug-likeness (QED) is 0.672. The number of anilines is 1. The number of ether oxygens (including phenoxy) is 1. The molecule has 4 rings (SSSR count). The van der Waals surface area contributed by atoms with E-state index in [9.17, 15) is 13.2 Å². The summed E-state index contributed by atoms with van der Waals surface area (Å²) in [4.78, 5) is 12.3. The predicted molar refractivity (Wildman–Crippen MR) is 112 cm³/mol. The minimum atomic E-state index is -3.57.